The number of amides is 1. The number of hydrogen-bond donors (Lipinski definition) is 1. The van der Waals surface area contributed by atoms with Crippen molar-refractivity contribution in [3.8, 4) is 12.1 Å². The van der Waals surface area contributed by atoms with Crippen molar-refractivity contribution in [2.45, 2.75) is 13.3 Å². The number of likely N-dealkylation sites (N-methyl/N-ethyl adjacent to an activating group) is 1. The van der Waals surface area contributed by atoms with Crippen LogP contribution in [0.15, 0.2) is 60.6 Å². The molecule has 0 atom stereocenters. The highest BCUT2D eigenvalue weighted by atomic mass is 16.1. The Hall–Kier alpha value is -3.64. The highest BCUT2D eigenvalue weighted by molar-refractivity contribution is 6.07. The Kier molecular flexibility index (Phi) is 6.91. The zero-order valence-corrected chi connectivity index (χ0v) is 14.5. The van der Waals surface area contributed by atoms with Crippen molar-refractivity contribution in [1.82, 2.24) is 9.88 Å². The van der Waals surface area contributed by atoms with Crippen LogP contribution < -0.4 is 5.32 Å². The molecule has 1 N–H and O–H groups in total. The minimum Gasteiger partial charge on any atom is -0.376 e. The van der Waals surface area contributed by atoms with E-state index in [1.54, 1.807) is 42.9 Å². The van der Waals surface area contributed by atoms with E-state index in [2.05, 4.69) is 10.3 Å². The lowest BCUT2D eigenvalue weighted by atomic mass is 10.1. The summed E-state index contributed by atoms with van der Waals surface area (Å²) < 4.78 is 0. The molecule has 0 radical (unpaired) electrons. The highest BCUT2D eigenvalue weighted by Gasteiger charge is 2.13. The fourth-order valence-electron chi connectivity index (χ4n) is 2.34. The average Bonchev–Trinajstić information content (AvgIpc) is 2.69. The Morgan fingerprint density at radius 1 is 1.23 bits per heavy atom. The highest BCUT2D eigenvalue weighted by Crippen LogP contribution is 2.15. The number of hydrogen-bond acceptors (Lipinski definition) is 5. The minimum absolute atomic E-state index is 0.00526. The first-order valence-electron chi connectivity index (χ1n) is 8.23. The Balaban J connectivity index is 2.08. The molecule has 0 spiro atoms. The van der Waals surface area contributed by atoms with Gasteiger partial charge in [-0.15, -0.1) is 0 Å². The van der Waals surface area contributed by atoms with Crippen molar-refractivity contribution in [2.75, 3.05) is 18.4 Å². The minimum atomic E-state index is -0.530. The van der Waals surface area contributed by atoms with Gasteiger partial charge in [-0.25, -0.2) is 0 Å². The summed E-state index contributed by atoms with van der Waals surface area (Å²) in [5.41, 5.74) is 1.87. The van der Waals surface area contributed by atoms with Gasteiger partial charge in [-0.1, -0.05) is 12.1 Å². The fraction of sp³-hybridized carbons (Fsp3) is 0.200. The predicted octanol–water partition coefficient (Wildman–Crippen LogP) is 2.86. The number of nitriles is 2. The lowest BCUT2D eigenvalue weighted by Gasteiger charge is -2.18. The molecule has 0 saturated carbocycles. The maximum absolute atomic E-state index is 12.4. The molecular formula is C20H19N5O. The maximum atomic E-state index is 12.4. The molecule has 0 bridgehead atoms. The van der Waals surface area contributed by atoms with Crippen LogP contribution >= 0.6 is 0 Å². The number of nitrogens with one attached hydrogen (secondary N) is 1. The van der Waals surface area contributed by atoms with Gasteiger partial charge in [0.15, 0.2) is 0 Å². The molecule has 1 aromatic heterocycles. The van der Waals surface area contributed by atoms with Gasteiger partial charge < -0.3 is 10.2 Å². The van der Waals surface area contributed by atoms with E-state index in [0.29, 0.717) is 24.3 Å². The fourth-order valence-corrected chi connectivity index (χ4v) is 2.34. The molecule has 0 fully saturated rings. The van der Waals surface area contributed by atoms with E-state index in [1.807, 2.05) is 36.1 Å². The normalized spacial score (nSPS) is 10.5. The largest absolute Gasteiger partial charge is 0.376 e. The number of carbonyl (C=O) groups is 1. The Bertz CT molecular complexity index is 862. The van der Waals surface area contributed by atoms with Crippen LogP contribution in [0.4, 0.5) is 5.69 Å². The zero-order chi connectivity index (χ0) is 18.8. The van der Waals surface area contributed by atoms with E-state index in [9.17, 15) is 10.1 Å². The van der Waals surface area contributed by atoms with E-state index in [-0.39, 0.29) is 5.57 Å². The van der Waals surface area contributed by atoms with E-state index < -0.39 is 5.91 Å². The van der Waals surface area contributed by atoms with Crippen LogP contribution in [0.5, 0.6) is 0 Å². The molecule has 0 aliphatic rings. The van der Waals surface area contributed by atoms with E-state index in [0.717, 1.165) is 12.0 Å². The van der Waals surface area contributed by atoms with Gasteiger partial charge in [0.05, 0.1) is 11.3 Å². The molecule has 26 heavy (non-hydrogen) atoms. The second-order valence-electron chi connectivity index (χ2n) is 5.50. The van der Waals surface area contributed by atoms with Crippen molar-refractivity contribution in [3.05, 3.63) is 71.7 Å². The molecule has 0 saturated heterocycles. The lowest BCUT2D eigenvalue weighted by Crippen LogP contribution is -2.23. The molecule has 1 amide bonds. The molecule has 130 valence electrons. The Morgan fingerprint density at radius 3 is 2.62 bits per heavy atom. The second kappa shape index (κ2) is 9.61. The number of rotatable bonds is 7. The van der Waals surface area contributed by atoms with Crippen molar-refractivity contribution in [2.24, 2.45) is 0 Å². The standard InChI is InChI=1S/C20H19N5O/c1-2-25(12-9-16-7-10-23-11-8-16)15-18(14-22)20(26)24-19-6-4-3-5-17(19)13-21/h3-8,10-11,15H,2,9,12H2,1H3,(H,24,26)/b18-15-. The smallest absolute Gasteiger partial charge is 0.267 e. The van der Waals surface area contributed by atoms with E-state index in [1.165, 1.54) is 0 Å². The van der Waals surface area contributed by atoms with Crippen LogP contribution in [0.25, 0.3) is 0 Å². The van der Waals surface area contributed by atoms with Crippen molar-refractivity contribution in [1.29, 1.82) is 10.5 Å². The lowest BCUT2D eigenvalue weighted by molar-refractivity contribution is -0.112. The van der Waals surface area contributed by atoms with E-state index in [4.69, 9.17) is 5.26 Å². The Morgan fingerprint density at radius 2 is 1.96 bits per heavy atom. The number of para-hydroxylation sites is 1. The van der Waals surface area contributed by atoms with Gasteiger partial charge in [-0.05, 0) is 43.2 Å². The van der Waals surface area contributed by atoms with Gasteiger partial charge in [0.25, 0.3) is 5.91 Å². The maximum Gasteiger partial charge on any atom is 0.267 e. The van der Waals surface area contributed by atoms with Gasteiger partial charge in [-0.2, -0.15) is 10.5 Å². The number of aromatic nitrogens is 1. The third-order valence-electron chi connectivity index (χ3n) is 3.82. The molecule has 1 heterocycles. The molecule has 0 aliphatic carbocycles. The number of nitrogens with zero attached hydrogens (tertiary/aromatic N) is 4. The van der Waals surface area contributed by atoms with Crippen molar-refractivity contribution >= 4 is 11.6 Å². The molecule has 0 unspecified atom stereocenters. The van der Waals surface area contributed by atoms with Gasteiger partial charge in [0, 0.05) is 31.7 Å². The molecule has 1 aromatic carbocycles. The van der Waals surface area contributed by atoms with Crippen molar-refractivity contribution < 1.29 is 4.79 Å². The first-order valence-corrected chi connectivity index (χ1v) is 8.23. The van der Waals surface area contributed by atoms with Gasteiger partial charge in [0.1, 0.15) is 17.7 Å². The predicted molar refractivity (Wildman–Crippen MR) is 98.7 cm³/mol. The number of pyridine rings is 1. The summed E-state index contributed by atoms with van der Waals surface area (Å²) in [5, 5.41) is 21.1. The van der Waals surface area contributed by atoms with E-state index >= 15 is 0 Å². The van der Waals surface area contributed by atoms with Crippen molar-refractivity contribution in [3.63, 3.8) is 0 Å². The summed E-state index contributed by atoms with van der Waals surface area (Å²) >= 11 is 0. The summed E-state index contributed by atoms with van der Waals surface area (Å²) in [5.74, 6) is -0.530. The summed E-state index contributed by atoms with van der Waals surface area (Å²) in [6.45, 7) is 3.30. The van der Waals surface area contributed by atoms with Crippen LogP contribution in [0, 0.1) is 22.7 Å². The van der Waals surface area contributed by atoms with Crippen LogP contribution in [0.1, 0.15) is 18.1 Å². The Labute approximate surface area is 153 Å². The molecule has 6 nitrogen and oxygen atoms in total. The first kappa shape index (κ1) is 18.7. The molecule has 2 rings (SSSR count). The quantitative estimate of drug-likeness (QED) is 0.615. The third kappa shape index (κ3) is 5.19. The number of anilines is 1. The first-order chi connectivity index (χ1) is 12.7. The molecular weight excluding hydrogens is 326 g/mol. The summed E-state index contributed by atoms with van der Waals surface area (Å²) in [7, 11) is 0. The summed E-state index contributed by atoms with van der Waals surface area (Å²) in [6, 6.07) is 14.5. The average molecular weight is 345 g/mol. The van der Waals surface area contributed by atoms with Gasteiger partial charge in [-0.3, -0.25) is 9.78 Å². The number of benzene rings is 1. The monoisotopic (exact) mass is 345 g/mol. The molecule has 0 aliphatic heterocycles. The summed E-state index contributed by atoms with van der Waals surface area (Å²) in [4.78, 5) is 18.3. The second-order valence-corrected chi connectivity index (χ2v) is 5.50. The van der Waals surface area contributed by atoms with Crippen LogP contribution in [0.2, 0.25) is 0 Å². The molecule has 6 heteroatoms. The van der Waals surface area contributed by atoms with Crippen LogP contribution in [0.3, 0.4) is 0 Å². The van der Waals surface area contributed by atoms with Crippen LogP contribution in [-0.4, -0.2) is 28.9 Å². The van der Waals surface area contributed by atoms with Crippen LogP contribution in [-0.2, 0) is 11.2 Å². The topological polar surface area (TPSA) is 92.8 Å². The number of carbonyl (C=O) groups excluding carboxylic acids is 1. The summed E-state index contributed by atoms with van der Waals surface area (Å²) in [6.07, 6.45) is 5.82. The van der Waals surface area contributed by atoms with Gasteiger partial charge in [0.2, 0.25) is 0 Å². The molecule has 2 aromatic rings. The van der Waals surface area contributed by atoms with Gasteiger partial charge >= 0.3 is 0 Å². The SMILES string of the molecule is CCN(/C=C(/C#N)C(=O)Nc1ccccc1C#N)CCc1ccncc1. The third-order valence-corrected chi connectivity index (χ3v) is 3.82. The zero-order valence-electron chi connectivity index (χ0n) is 14.5.